The van der Waals surface area contributed by atoms with E-state index in [-0.39, 0.29) is 41.8 Å². The molecule has 0 unspecified atom stereocenters. The molecule has 0 radical (unpaired) electrons. The van der Waals surface area contributed by atoms with E-state index in [0.717, 1.165) is 39.1 Å². The molecule has 1 aromatic carbocycles. The number of nitrogens with one attached hydrogen (secondary N) is 1. The third-order valence-electron chi connectivity index (χ3n) is 6.37. The van der Waals surface area contributed by atoms with Gasteiger partial charge in [-0.3, -0.25) is 14.5 Å². The van der Waals surface area contributed by atoms with Gasteiger partial charge >= 0.3 is 0 Å². The van der Waals surface area contributed by atoms with Crippen LogP contribution >= 0.6 is 24.8 Å². The van der Waals surface area contributed by atoms with Crippen molar-refractivity contribution in [3.8, 4) is 5.75 Å². The third kappa shape index (κ3) is 6.95. The van der Waals surface area contributed by atoms with Gasteiger partial charge in [0.15, 0.2) is 28.3 Å². The fraction of sp³-hybridized carbons (Fsp3) is 0.583. The minimum absolute atomic E-state index is 0. The lowest BCUT2D eigenvalue weighted by molar-refractivity contribution is 0.0943. The SMILES string of the molecule is Cl.Cl.O=C(CCC1CCCCC1)c1cc(=O)c2cccc(OCCN3CCNCC3)c2o1. The molecule has 2 fully saturated rings. The Balaban J connectivity index is 0.00000181. The third-order valence-corrected chi connectivity index (χ3v) is 6.37. The highest BCUT2D eigenvalue weighted by atomic mass is 35.5. The lowest BCUT2D eigenvalue weighted by atomic mass is 9.85. The van der Waals surface area contributed by atoms with E-state index in [4.69, 9.17) is 9.15 Å². The van der Waals surface area contributed by atoms with Gasteiger partial charge in [0.25, 0.3) is 0 Å². The van der Waals surface area contributed by atoms with Gasteiger partial charge in [0.1, 0.15) is 6.61 Å². The van der Waals surface area contributed by atoms with Crippen LogP contribution < -0.4 is 15.5 Å². The maximum atomic E-state index is 12.7. The molecule has 1 saturated heterocycles. The summed E-state index contributed by atoms with van der Waals surface area (Å²) in [4.78, 5) is 27.7. The Morgan fingerprint density at radius 2 is 1.88 bits per heavy atom. The fourth-order valence-corrected chi connectivity index (χ4v) is 4.56. The molecule has 6 nitrogen and oxygen atoms in total. The van der Waals surface area contributed by atoms with Crippen LogP contribution in [0.5, 0.6) is 5.75 Å². The van der Waals surface area contributed by atoms with Gasteiger partial charge in [-0.25, -0.2) is 0 Å². The monoisotopic (exact) mass is 484 g/mol. The number of para-hydroxylation sites is 1. The van der Waals surface area contributed by atoms with Crippen molar-refractivity contribution in [2.75, 3.05) is 39.3 Å². The Labute approximate surface area is 201 Å². The Kier molecular flexibility index (Phi) is 11.0. The molecule has 0 spiro atoms. The van der Waals surface area contributed by atoms with Crippen LogP contribution in [-0.4, -0.2) is 50.0 Å². The molecule has 2 aliphatic rings. The van der Waals surface area contributed by atoms with Gasteiger partial charge in [-0.1, -0.05) is 38.2 Å². The summed E-state index contributed by atoms with van der Waals surface area (Å²) in [6, 6.07) is 6.67. The predicted molar refractivity (Wildman–Crippen MR) is 132 cm³/mol. The summed E-state index contributed by atoms with van der Waals surface area (Å²) in [7, 11) is 0. The topological polar surface area (TPSA) is 71.8 Å². The molecule has 1 N–H and O–H groups in total. The van der Waals surface area contributed by atoms with E-state index in [1.807, 2.05) is 0 Å². The van der Waals surface area contributed by atoms with Crippen molar-refractivity contribution >= 4 is 41.6 Å². The standard InChI is InChI=1S/C24H32N2O4.2ClH/c27-20(10-9-18-5-2-1-3-6-18)23-17-21(28)19-7-4-8-22(24(19)30-23)29-16-15-26-13-11-25-12-14-26;;/h4,7-8,17-18,25H,1-3,5-6,9-16H2;2*1H. The van der Waals surface area contributed by atoms with E-state index < -0.39 is 0 Å². The van der Waals surface area contributed by atoms with Crippen molar-refractivity contribution in [2.45, 2.75) is 44.9 Å². The van der Waals surface area contributed by atoms with Crippen LogP contribution in [-0.2, 0) is 0 Å². The van der Waals surface area contributed by atoms with Gasteiger partial charge in [-0.15, -0.1) is 24.8 Å². The lowest BCUT2D eigenvalue weighted by Crippen LogP contribution is -2.44. The number of hydrogen-bond donors (Lipinski definition) is 1. The van der Waals surface area contributed by atoms with Crippen LogP contribution in [0.25, 0.3) is 11.0 Å². The molecule has 1 aliphatic carbocycles. The Morgan fingerprint density at radius 3 is 2.62 bits per heavy atom. The summed E-state index contributed by atoms with van der Waals surface area (Å²) < 4.78 is 11.9. The molecule has 1 aliphatic heterocycles. The van der Waals surface area contributed by atoms with Crippen LogP contribution in [0.15, 0.2) is 33.5 Å². The summed E-state index contributed by atoms with van der Waals surface area (Å²) >= 11 is 0. The number of hydrogen-bond acceptors (Lipinski definition) is 6. The Bertz CT molecular complexity index is 922. The first-order valence-electron chi connectivity index (χ1n) is 11.4. The van der Waals surface area contributed by atoms with Crippen LogP contribution in [0.3, 0.4) is 0 Å². The number of carbonyl (C=O) groups is 1. The number of Topliss-reactive ketones (excluding diaryl/α,β-unsaturated/α-hetero) is 1. The highest BCUT2D eigenvalue weighted by Crippen LogP contribution is 2.29. The van der Waals surface area contributed by atoms with Crippen molar-refractivity contribution in [1.82, 2.24) is 10.2 Å². The fourth-order valence-electron chi connectivity index (χ4n) is 4.56. The predicted octanol–water partition coefficient (Wildman–Crippen LogP) is 4.46. The summed E-state index contributed by atoms with van der Waals surface area (Å²) in [5.41, 5.74) is 0.191. The van der Waals surface area contributed by atoms with E-state index in [1.165, 1.54) is 38.2 Å². The van der Waals surface area contributed by atoms with E-state index >= 15 is 0 Å². The van der Waals surface area contributed by atoms with Crippen LogP contribution in [0.1, 0.15) is 55.5 Å². The number of piperazine rings is 1. The van der Waals surface area contributed by atoms with Gasteiger partial charge in [0.05, 0.1) is 5.39 Å². The van der Waals surface area contributed by atoms with E-state index in [0.29, 0.717) is 35.7 Å². The molecule has 0 atom stereocenters. The normalized spacial score (nSPS) is 17.4. The zero-order chi connectivity index (χ0) is 20.8. The van der Waals surface area contributed by atoms with Crippen molar-refractivity contribution in [3.63, 3.8) is 0 Å². The molecule has 2 aromatic rings. The van der Waals surface area contributed by atoms with Crippen molar-refractivity contribution in [1.29, 1.82) is 0 Å². The molecule has 32 heavy (non-hydrogen) atoms. The first-order valence-corrected chi connectivity index (χ1v) is 11.4. The maximum absolute atomic E-state index is 12.7. The number of ketones is 1. The second kappa shape index (κ2) is 13.2. The van der Waals surface area contributed by atoms with Gasteiger partial charge in [-0.05, 0) is 24.5 Å². The second-order valence-electron chi connectivity index (χ2n) is 8.51. The molecule has 1 aromatic heterocycles. The van der Waals surface area contributed by atoms with Crippen molar-refractivity contribution in [3.05, 3.63) is 40.2 Å². The Hall–Kier alpha value is -1.60. The van der Waals surface area contributed by atoms with E-state index in [9.17, 15) is 9.59 Å². The van der Waals surface area contributed by atoms with Crippen LogP contribution in [0.2, 0.25) is 0 Å². The van der Waals surface area contributed by atoms with Gasteiger partial charge in [0, 0.05) is 45.2 Å². The minimum Gasteiger partial charge on any atom is -0.488 e. The molecule has 1 saturated carbocycles. The summed E-state index contributed by atoms with van der Waals surface area (Å²) in [6.45, 7) is 5.34. The average molecular weight is 485 g/mol. The van der Waals surface area contributed by atoms with Gasteiger partial charge in [-0.2, -0.15) is 0 Å². The zero-order valence-corrected chi connectivity index (χ0v) is 20.1. The number of nitrogens with zero attached hydrogens (tertiary/aromatic N) is 1. The number of carbonyl (C=O) groups excluding carboxylic acids is 1. The number of benzene rings is 1. The first-order chi connectivity index (χ1) is 14.7. The summed E-state index contributed by atoms with van der Waals surface area (Å²) in [6.07, 6.45) is 7.56. The van der Waals surface area contributed by atoms with Crippen molar-refractivity contribution < 1.29 is 13.9 Å². The molecule has 0 bridgehead atoms. The first kappa shape index (κ1) is 26.7. The van der Waals surface area contributed by atoms with E-state index in [1.54, 1.807) is 18.2 Å². The lowest BCUT2D eigenvalue weighted by Gasteiger charge is -2.26. The second-order valence-corrected chi connectivity index (χ2v) is 8.51. The van der Waals surface area contributed by atoms with Gasteiger partial charge < -0.3 is 14.5 Å². The molecule has 178 valence electrons. The van der Waals surface area contributed by atoms with Crippen LogP contribution in [0.4, 0.5) is 0 Å². The number of fused-ring (bicyclic) bond motifs is 1. The smallest absolute Gasteiger partial charge is 0.198 e. The van der Waals surface area contributed by atoms with Gasteiger partial charge in [0.2, 0.25) is 0 Å². The highest BCUT2D eigenvalue weighted by molar-refractivity contribution is 5.95. The summed E-state index contributed by atoms with van der Waals surface area (Å²) in [5.74, 6) is 1.22. The molecule has 2 heterocycles. The molecule has 0 amide bonds. The quantitative estimate of drug-likeness (QED) is 0.557. The summed E-state index contributed by atoms with van der Waals surface area (Å²) in [5, 5.41) is 3.79. The highest BCUT2D eigenvalue weighted by Gasteiger charge is 2.19. The number of halogens is 2. The Morgan fingerprint density at radius 1 is 1.12 bits per heavy atom. The zero-order valence-electron chi connectivity index (χ0n) is 18.5. The minimum atomic E-state index is -0.190. The largest absolute Gasteiger partial charge is 0.488 e. The van der Waals surface area contributed by atoms with Crippen molar-refractivity contribution in [2.24, 2.45) is 5.92 Å². The number of ether oxygens (including phenoxy) is 1. The maximum Gasteiger partial charge on any atom is 0.198 e. The number of rotatable bonds is 8. The average Bonchev–Trinajstić information content (AvgIpc) is 2.79. The van der Waals surface area contributed by atoms with E-state index in [2.05, 4.69) is 10.2 Å². The molecule has 8 heteroatoms. The molecule has 4 rings (SSSR count). The molecular formula is C24H34Cl2N2O4. The molecular weight excluding hydrogens is 451 g/mol. The van der Waals surface area contributed by atoms with Crippen LogP contribution in [0, 0.1) is 5.92 Å².